The maximum absolute atomic E-state index is 14.3. The summed E-state index contributed by atoms with van der Waals surface area (Å²) in [5, 5.41) is 12.9. The largest absolute Gasteiger partial charge is 0.480 e. The van der Waals surface area contributed by atoms with Crippen LogP contribution in [0.2, 0.25) is 0 Å². The molecule has 0 aromatic heterocycles. The van der Waals surface area contributed by atoms with E-state index in [4.69, 9.17) is 0 Å². The van der Waals surface area contributed by atoms with E-state index < -0.39 is 17.4 Å². The van der Waals surface area contributed by atoms with Crippen LogP contribution in [0.5, 0.6) is 0 Å². The summed E-state index contributed by atoms with van der Waals surface area (Å²) in [4.78, 5) is 26.5. The summed E-state index contributed by atoms with van der Waals surface area (Å²) in [7, 11) is 0. The first-order valence-corrected chi connectivity index (χ1v) is 12.0. The first-order chi connectivity index (χ1) is 16.5. The van der Waals surface area contributed by atoms with Gasteiger partial charge in [0.1, 0.15) is 11.5 Å². The minimum absolute atomic E-state index is 0.187. The molecule has 0 heterocycles. The third kappa shape index (κ3) is 4.89. The van der Waals surface area contributed by atoms with Crippen molar-refractivity contribution in [3.8, 4) is 0 Å². The van der Waals surface area contributed by atoms with E-state index in [0.29, 0.717) is 0 Å². The number of halogens is 1. The Morgan fingerprint density at radius 2 is 1.21 bits per heavy atom. The monoisotopic (exact) mass is 561 g/mol. The number of carboxylic acid groups (broad SMARTS) is 1. The molecule has 0 saturated heterocycles. The zero-order valence-electron chi connectivity index (χ0n) is 18.4. The maximum Gasteiger partial charge on any atom is 0.326 e. The van der Waals surface area contributed by atoms with Crippen LogP contribution in [-0.4, -0.2) is 23.0 Å². The van der Waals surface area contributed by atoms with Crippen molar-refractivity contribution in [2.24, 2.45) is 0 Å². The third-order valence-corrected chi connectivity index (χ3v) is 6.56. The molecular weight excluding hydrogens is 537 g/mol. The van der Waals surface area contributed by atoms with Gasteiger partial charge in [0.25, 0.3) is 0 Å². The van der Waals surface area contributed by atoms with Gasteiger partial charge in [0, 0.05) is 9.99 Å². The number of carbonyl (C=O) groups excluding carboxylic acids is 1. The summed E-state index contributed by atoms with van der Waals surface area (Å²) in [6, 6.07) is 35.1. The van der Waals surface area contributed by atoms with Gasteiger partial charge in [0.15, 0.2) is 0 Å². The summed E-state index contributed by atoms with van der Waals surface area (Å²) in [5.74, 6) is -1.45. The second kappa shape index (κ2) is 10.7. The average Bonchev–Trinajstić information content (AvgIpc) is 2.86. The second-order valence-corrected chi connectivity index (χ2v) is 9.29. The summed E-state index contributed by atoms with van der Waals surface area (Å²) in [6.45, 7) is 0. The van der Waals surface area contributed by atoms with Crippen molar-refractivity contribution in [3.63, 3.8) is 0 Å². The molecule has 0 aliphatic heterocycles. The maximum atomic E-state index is 14.3. The second-order valence-electron chi connectivity index (χ2n) is 8.05. The van der Waals surface area contributed by atoms with Crippen LogP contribution in [0.15, 0.2) is 115 Å². The highest BCUT2D eigenvalue weighted by atomic mass is 127. The number of benzene rings is 4. The molecule has 34 heavy (non-hydrogen) atoms. The molecule has 0 aliphatic rings. The minimum atomic E-state index is -1.22. The number of carboxylic acids is 1. The molecular formula is C29H24INO3. The average molecular weight is 561 g/mol. The summed E-state index contributed by atoms with van der Waals surface area (Å²) >= 11 is 2.20. The van der Waals surface area contributed by atoms with Crippen LogP contribution in [0.25, 0.3) is 0 Å². The fourth-order valence-corrected chi connectivity index (χ4v) is 4.93. The zero-order valence-corrected chi connectivity index (χ0v) is 20.6. The van der Waals surface area contributed by atoms with Gasteiger partial charge in [0.2, 0.25) is 5.91 Å². The van der Waals surface area contributed by atoms with Crippen LogP contribution in [0, 0.1) is 3.57 Å². The van der Waals surface area contributed by atoms with Crippen molar-refractivity contribution in [2.75, 3.05) is 0 Å². The summed E-state index contributed by atoms with van der Waals surface area (Å²) in [6.07, 6.45) is 0.187. The van der Waals surface area contributed by atoms with Crippen molar-refractivity contribution in [2.45, 2.75) is 17.9 Å². The lowest BCUT2D eigenvalue weighted by Gasteiger charge is -2.35. The first-order valence-electron chi connectivity index (χ1n) is 11.0. The highest BCUT2D eigenvalue weighted by molar-refractivity contribution is 14.1. The van der Waals surface area contributed by atoms with Gasteiger partial charge in [-0.25, -0.2) is 4.79 Å². The first kappa shape index (κ1) is 23.7. The number of nitrogens with one attached hydrogen (secondary N) is 1. The Kier molecular flexibility index (Phi) is 7.43. The van der Waals surface area contributed by atoms with E-state index in [9.17, 15) is 14.7 Å². The molecule has 0 bridgehead atoms. The van der Waals surface area contributed by atoms with Gasteiger partial charge in [-0.05, 0) is 57.0 Å². The summed E-state index contributed by atoms with van der Waals surface area (Å²) < 4.78 is 1.01. The van der Waals surface area contributed by atoms with Gasteiger partial charge in [-0.3, -0.25) is 4.79 Å². The highest BCUT2D eigenvalue weighted by Crippen LogP contribution is 2.39. The van der Waals surface area contributed by atoms with Crippen LogP contribution in [0.1, 0.15) is 22.3 Å². The van der Waals surface area contributed by atoms with E-state index in [1.54, 1.807) is 0 Å². The molecule has 2 N–H and O–H groups in total. The van der Waals surface area contributed by atoms with E-state index in [-0.39, 0.29) is 12.3 Å². The molecule has 4 aromatic rings. The SMILES string of the molecule is O=C(O)[C@H](Cc1cccc(I)c1)NC(=O)C(c1ccccc1)(c1ccccc1)c1ccccc1. The standard InChI is InChI=1S/C29H24INO3/c30-25-18-10-11-21(19-25)20-26(27(32)33)31-28(34)29(22-12-4-1-5-13-22,23-14-6-2-7-15-23)24-16-8-3-9-17-24/h1-19,26H,20H2,(H,31,34)(H,32,33)/t26-/m0/s1. The topological polar surface area (TPSA) is 66.4 Å². The normalized spacial score (nSPS) is 12.0. The van der Waals surface area contributed by atoms with Gasteiger partial charge >= 0.3 is 5.97 Å². The Morgan fingerprint density at radius 1 is 0.735 bits per heavy atom. The Morgan fingerprint density at radius 3 is 1.62 bits per heavy atom. The number of carbonyl (C=O) groups is 2. The lowest BCUT2D eigenvalue weighted by molar-refractivity contribution is -0.142. The Hall–Kier alpha value is -3.45. The Labute approximate surface area is 212 Å². The number of amides is 1. The fourth-order valence-electron chi connectivity index (χ4n) is 4.32. The van der Waals surface area contributed by atoms with Gasteiger partial charge in [-0.1, -0.05) is 103 Å². The van der Waals surface area contributed by atoms with Crippen molar-refractivity contribution >= 4 is 34.5 Å². The smallest absolute Gasteiger partial charge is 0.326 e. The van der Waals surface area contributed by atoms with Gasteiger partial charge in [-0.15, -0.1) is 0 Å². The molecule has 0 saturated carbocycles. The molecule has 1 atom stereocenters. The van der Waals surface area contributed by atoms with Crippen molar-refractivity contribution in [1.82, 2.24) is 5.32 Å². The molecule has 0 fully saturated rings. The van der Waals surface area contributed by atoms with E-state index in [1.807, 2.05) is 115 Å². The van der Waals surface area contributed by atoms with Crippen molar-refractivity contribution < 1.29 is 14.7 Å². The molecule has 4 aromatic carbocycles. The number of hydrogen-bond donors (Lipinski definition) is 2. The molecule has 1 amide bonds. The molecule has 5 heteroatoms. The number of rotatable bonds is 8. The predicted molar refractivity (Wildman–Crippen MR) is 142 cm³/mol. The third-order valence-electron chi connectivity index (χ3n) is 5.89. The molecule has 0 spiro atoms. The van der Waals surface area contributed by atoms with Crippen LogP contribution in [0.4, 0.5) is 0 Å². The van der Waals surface area contributed by atoms with Gasteiger partial charge in [-0.2, -0.15) is 0 Å². The summed E-state index contributed by atoms with van der Waals surface area (Å²) in [5.41, 5.74) is 1.93. The van der Waals surface area contributed by atoms with Crippen LogP contribution in [-0.2, 0) is 21.4 Å². The van der Waals surface area contributed by atoms with Gasteiger partial charge < -0.3 is 10.4 Å². The van der Waals surface area contributed by atoms with Crippen LogP contribution in [0.3, 0.4) is 0 Å². The Balaban J connectivity index is 1.84. The lowest BCUT2D eigenvalue weighted by atomic mass is 9.68. The number of hydrogen-bond acceptors (Lipinski definition) is 2. The lowest BCUT2D eigenvalue weighted by Crippen LogP contribution is -2.52. The molecule has 0 aliphatic carbocycles. The molecule has 4 rings (SSSR count). The van der Waals surface area contributed by atoms with Crippen LogP contribution >= 0.6 is 22.6 Å². The van der Waals surface area contributed by atoms with Crippen LogP contribution < -0.4 is 5.32 Å². The van der Waals surface area contributed by atoms with E-state index >= 15 is 0 Å². The molecule has 0 radical (unpaired) electrons. The van der Waals surface area contributed by atoms with Crippen molar-refractivity contribution in [1.29, 1.82) is 0 Å². The van der Waals surface area contributed by atoms with Crippen molar-refractivity contribution in [3.05, 3.63) is 141 Å². The quantitative estimate of drug-likeness (QED) is 0.223. The fraction of sp³-hybridized carbons (Fsp3) is 0.103. The Bertz CT molecular complexity index is 1160. The van der Waals surface area contributed by atoms with E-state index in [0.717, 1.165) is 25.8 Å². The van der Waals surface area contributed by atoms with Gasteiger partial charge in [0.05, 0.1) is 0 Å². The molecule has 170 valence electrons. The van der Waals surface area contributed by atoms with E-state index in [1.165, 1.54) is 0 Å². The highest BCUT2D eigenvalue weighted by Gasteiger charge is 2.45. The molecule has 4 nitrogen and oxygen atoms in total. The number of aliphatic carboxylic acids is 1. The minimum Gasteiger partial charge on any atom is -0.480 e. The van der Waals surface area contributed by atoms with E-state index in [2.05, 4.69) is 27.9 Å². The zero-order chi connectivity index (χ0) is 24.0. The molecule has 0 unspecified atom stereocenters. The predicted octanol–water partition coefficient (Wildman–Crippen LogP) is 5.44.